The van der Waals surface area contributed by atoms with Crippen molar-refractivity contribution in [2.75, 3.05) is 80.7 Å². The quantitative estimate of drug-likeness (QED) is 0.0170. The first-order valence-corrected chi connectivity index (χ1v) is 51.5. The molecule has 10 aromatic heterocycles. The van der Waals surface area contributed by atoms with E-state index in [0.29, 0.717) is 5.56 Å². The number of rotatable bonds is 38. The van der Waals surface area contributed by atoms with Crippen LogP contribution in [-0.2, 0) is 115 Å². The van der Waals surface area contributed by atoms with Crippen LogP contribution in [0, 0.1) is 0 Å². The number of nitrogen functional groups attached to an aromatic ring is 6. The van der Waals surface area contributed by atoms with Crippen molar-refractivity contribution in [1.82, 2.24) is 97.2 Å². The third-order valence-electron chi connectivity index (χ3n) is 23.4. The number of benzene rings is 1. The fourth-order valence-electron chi connectivity index (χ4n) is 16.9. The summed E-state index contributed by atoms with van der Waals surface area (Å²) in [5.41, 5.74) is 27.1. The van der Waals surface area contributed by atoms with E-state index in [1.54, 1.807) is 0 Å². The predicted octanol–water partition coefficient (Wildman–Crippen LogP) is -3.20. The maximum absolute atomic E-state index is 14.6. The van der Waals surface area contributed by atoms with Crippen molar-refractivity contribution in [3.63, 3.8) is 0 Å². The van der Waals surface area contributed by atoms with Crippen molar-refractivity contribution < 1.29 is 154 Å². The molecule has 7 saturated heterocycles. The van der Waals surface area contributed by atoms with Gasteiger partial charge >= 0.3 is 69.7 Å². The van der Waals surface area contributed by atoms with Gasteiger partial charge in [0.2, 0.25) is 17.8 Å². The summed E-state index contributed by atoms with van der Waals surface area (Å²) in [6.07, 6.45) is -29.6. The molecule has 25 N–H and O–H groups in total. The molecular weight excluding hydrogens is 2050 g/mol. The zero-order chi connectivity index (χ0) is 102. The Hall–Kier alpha value is -11.0. The summed E-state index contributed by atoms with van der Waals surface area (Å²) in [6, 6.07) is 7.84. The molecule has 11 aromatic rings. The molecule has 0 saturated carbocycles. The third kappa shape index (κ3) is 23.0. The smallest absolute Gasteiger partial charge is 0.394 e. The van der Waals surface area contributed by atoms with Crippen LogP contribution in [0.2, 0.25) is 0 Å². The van der Waals surface area contributed by atoms with Crippen molar-refractivity contribution in [2.24, 2.45) is 0 Å². The molecule has 0 spiro atoms. The van der Waals surface area contributed by atoms with Crippen LogP contribution in [-0.4, -0.2) is 268 Å². The molecule has 7 aliphatic rings. The molecule has 0 bridgehead atoms. The molecule has 17 heterocycles. The Balaban J connectivity index is 0.551. The number of hydrogen-bond acceptors (Lipinski definition) is 50. The number of aliphatic hydroxyl groups is 2. The summed E-state index contributed by atoms with van der Waals surface area (Å²) in [7, 11) is -33.4. The summed E-state index contributed by atoms with van der Waals surface area (Å²) in [4.78, 5) is 219. The first kappa shape index (κ1) is 102. The number of nitrogens with two attached hydrogens (primary N) is 6. The van der Waals surface area contributed by atoms with Gasteiger partial charge in [0, 0.05) is 63.5 Å². The average Bonchev–Trinajstić information content (AvgIpc) is 1.63. The fourth-order valence-corrected chi connectivity index (χ4v) is 22.7. The number of phosphoric acid groups is 6. The van der Waals surface area contributed by atoms with Crippen LogP contribution in [0.1, 0.15) is 94.0 Å². The van der Waals surface area contributed by atoms with Crippen LogP contribution >= 0.6 is 46.9 Å². The number of phosphoric ester groups is 6. The summed E-state index contributed by atoms with van der Waals surface area (Å²) >= 11 is 0. The monoisotopic (exact) mass is 2130 g/mol. The summed E-state index contributed by atoms with van der Waals surface area (Å²) < 4.78 is 201. The molecule has 27 atom stereocenters. The van der Waals surface area contributed by atoms with E-state index in [9.17, 15) is 105 Å². The minimum absolute atomic E-state index is 0.0220. The Morgan fingerprint density at radius 3 is 0.958 bits per heavy atom. The number of hydrogen-bond donors (Lipinski definition) is 19. The van der Waals surface area contributed by atoms with Crippen molar-refractivity contribution in [2.45, 2.75) is 174 Å². The SMILES string of the molecule is Nc1ccn([C@H]2C[C@H](OP(=O)(O)OC[C@H]3O[C@@H](n4cnc5c(=O)[nH]c(N)nc54)C[C@@H]3OP(=O)(O)OC[C@H]3O[C@@H](n4ccc(N)nc4=O)C[C@@H]3OP(=O)(O)OC[C@H]3O[C@@H](n4cnc5c(=O)[nH]c(N)nc54)C[C@@H]3OP(=O)(O)OC[C@H]3O[C@@H](n4ccc(N)nc4=O)C[C@@H]3OP(=O)(O)OC[C@H]3O[C@@H](n4cnc5c(=O)[nH]c(N)nc54)C[C@@H]3O)[C@@H](COP(=O)(O)O[C@H]3C[C@H](c4ccc5[nH]c(=O)[nH]c(=O)c5c4)O[C@@H]3CO)O2)c(=O)n1. The molecule has 0 radical (unpaired) electrons. The van der Waals surface area contributed by atoms with Crippen molar-refractivity contribution in [3.05, 3.63) is 163 Å². The van der Waals surface area contributed by atoms with Gasteiger partial charge in [-0.2, -0.15) is 29.9 Å². The second-order valence-electron chi connectivity index (χ2n) is 33.0. The number of nitrogens with zero attached hydrogens (tertiary/aromatic N) is 15. The van der Waals surface area contributed by atoms with Gasteiger partial charge in [0.25, 0.3) is 22.2 Å². The highest BCUT2D eigenvalue weighted by Gasteiger charge is 2.53. The van der Waals surface area contributed by atoms with E-state index in [4.69, 9.17) is 122 Å². The molecule has 0 aliphatic carbocycles. The van der Waals surface area contributed by atoms with Gasteiger partial charge in [-0.25, -0.2) is 61.5 Å². The van der Waals surface area contributed by atoms with Gasteiger partial charge in [0.05, 0.1) is 88.3 Å². The largest absolute Gasteiger partial charge is 0.472 e. The number of imidazole rings is 3. The number of aromatic nitrogens is 20. The Bertz CT molecular complexity index is 7530. The molecule has 7 aliphatic heterocycles. The first-order valence-electron chi connectivity index (χ1n) is 42.5. The third-order valence-corrected chi connectivity index (χ3v) is 29.5. The number of nitrogens with one attached hydrogen (secondary N) is 5. The normalized spacial score (nSPS) is 29.4. The molecule has 73 heteroatoms. The Morgan fingerprint density at radius 1 is 0.350 bits per heavy atom. The fraction of sp³-hybridized carbons (Fsp3) is 0.500. The highest BCUT2D eigenvalue weighted by atomic mass is 31.2. The molecule has 7 fully saturated rings. The van der Waals surface area contributed by atoms with E-state index in [2.05, 4.69) is 69.8 Å². The standard InChI is InChI=1S/C70H86N26O41P6/c71-45-3-6-91(68(104)81-45)49-12-33(133-138(107,108)119-18-39-30(98)10-48(126-39)94-24-77-54-57(94)84-64(74)87-61(54)100)41(128-49)20-121-142(115,116)136-36-15-52(95-25-78-55-58(95)85-65(75)88-62(55)101)131-44(36)23-124-141(113,114)135-35-14-51(93-8-5-47(73)83-70(93)106)129-42(35)21-122-143(117,118)137-37-16-53(96-26-79-56-59(96)86-66(76)89-63(56)102)130-43(37)22-123-140(111,112)134-34-13-50(92-7-4-46(72)82-69(92)105)127-40(34)19-120-139(109,110)132-32-11-31(125-38(32)17-97)27-1-2-29-28(9-27)60(99)90-67(103)80-29/h1-9,24-26,30-44,48-53,97-98H,10-23H2,(H,107,108)(H,109,110)(H,111,112)(H,113,114)(H,115,116)(H,117,118)(H2,71,81,104)(H2,72,82,105)(H2,73,83,106)(H3,74,84,87,100)(H3,75,85,88,101)(H3,76,86,89,102)(H2,80,90,99,103)/t30-,31+,32-,33-,34-,35-,36-,37-,38+,39+,40+,41+,42+,43+,44+,48+,49+,50+,51+,52+,53+/m0/s1. The predicted molar refractivity (Wildman–Crippen MR) is 472 cm³/mol. The lowest BCUT2D eigenvalue weighted by molar-refractivity contribution is -0.0650. The first-order chi connectivity index (χ1) is 67.7. The molecule has 772 valence electrons. The van der Waals surface area contributed by atoms with Crippen LogP contribution in [0.15, 0.2) is 112 Å². The van der Waals surface area contributed by atoms with Crippen LogP contribution in [0.3, 0.4) is 0 Å². The molecule has 143 heavy (non-hydrogen) atoms. The lowest BCUT2D eigenvalue weighted by Crippen LogP contribution is -2.32. The maximum Gasteiger partial charge on any atom is 0.472 e. The van der Waals surface area contributed by atoms with E-state index in [0.717, 1.165) is 60.1 Å². The average molecular weight is 2130 g/mol. The number of ether oxygens (including phenoxy) is 7. The molecule has 18 rings (SSSR count). The second kappa shape index (κ2) is 40.4. The highest BCUT2D eigenvalue weighted by Crippen LogP contribution is 2.58. The zero-order valence-electron chi connectivity index (χ0n) is 72.9. The Labute approximate surface area is 792 Å². The van der Waals surface area contributed by atoms with Crippen LogP contribution in [0.25, 0.3) is 44.4 Å². The molecular formula is C70H86N26O41P6. The maximum atomic E-state index is 14.6. The minimum atomic E-state index is -5.73. The van der Waals surface area contributed by atoms with Crippen LogP contribution in [0.4, 0.5) is 35.3 Å². The number of anilines is 6. The summed E-state index contributed by atoms with van der Waals surface area (Å²) in [5, 5.41) is 21.4. The number of H-pyrrole nitrogens is 5. The Kier molecular flexibility index (Phi) is 28.8. The van der Waals surface area contributed by atoms with Gasteiger partial charge in [0.1, 0.15) is 134 Å². The minimum Gasteiger partial charge on any atom is -0.394 e. The van der Waals surface area contributed by atoms with E-state index in [1.807, 2.05) is 0 Å². The van der Waals surface area contributed by atoms with Crippen molar-refractivity contribution in [3.8, 4) is 0 Å². The Morgan fingerprint density at radius 2 is 0.643 bits per heavy atom. The summed E-state index contributed by atoms with van der Waals surface area (Å²) in [6.45, 7) is -7.30. The molecule has 1 aromatic carbocycles. The number of fused-ring (bicyclic) bond motifs is 4. The zero-order valence-corrected chi connectivity index (χ0v) is 78.2. The van der Waals surface area contributed by atoms with E-state index < -0.39 is 311 Å². The van der Waals surface area contributed by atoms with E-state index in [1.165, 1.54) is 41.2 Å². The molecule has 6 unspecified atom stereocenters. The number of aromatic amines is 5. The van der Waals surface area contributed by atoms with E-state index in [-0.39, 0.29) is 80.6 Å². The summed E-state index contributed by atoms with van der Waals surface area (Å²) in [5.74, 6) is -1.86. The van der Waals surface area contributed by atoms with Gasteiger partial charge < -0.3 is 112 Å². The molecule has 0 amide bonds. The van der Waals surface area contributed by atoms with Gasteiger partial charge in [-0.15, -0.1) is 0 Å². The van der Waals surface area contributed by atoms with Crippen LogP contribution < -0.4 is 79.4 Å². The van der Waals surface area contributed by atoms with Crippen molar-refractivity contribution >= 4 is 127 Å². The highest BCUT2D eigenvalue weighted by molar-refractivity contribution is 7.48. The lowest BCUT2D eigenvalue weighted by atomic mass is 10.0. The topological polar surface area (TPSA) is 957 Å². The number of aliphatic hydroxyl groups excluding tert-OH is 2. The second-order valence-corrected chi connectivity index (χ2v) is 41.4. The van der Waals surface area contributed by atoms with Gasteiger partial charge in [-0.1, -0.05) is 6.07 Å². The molecule has 67 nitrogen and oxygen atoms in total. The van der Waals surface area contributed by atoms with Crippen molar-refractivity contribution in [1.29, 1.82) is 0 Å². The van der Waals surface area contributed by atoms with Crippen LogP contribution in [0.5, 0.6) is 0 Å². The van der Waals surface area contributed by atoms with E-state index >= 15 is 0 Å². The van der Waals surface area contributed by atoms with Gasteiger partial charge in [0.15, 0.2) is 33.5 Å². The van der Waals surface area contributed by atoms with Gasteiger partial charge in [-0.3, -0.25) is 121 Å². The lowest BCUT2D eigenvalue weighted by Gasteiger charge is -2.26. The van der Waals surface area contributed by atoms with Gasteiger partial charge in [-0.05, 0) is 35.9 Å².